The second-order valence-electron chi connectivity index (χ2n) is 4.57. The average Bonchev–Trinajstić information content (AvgIpc) is 2.36. The van der Waals surface area contributed by atoms with Crippen LogP contribution in [-0.4, -0.2) is 24.1 Å². The maximum atomic E-state index is 11.6. The van der Waals surface area contributed by atoms with Crippen LogP contribution >= 0.6 is 0 Å². The van der Waals surface area contributed by atoms with Gasteiger partial charge in [0.25, 0.3) is 0 Å². The van der Waals surface area contributed by atoms with Crippen molar-refractivity contribution in [3.63, 3.8) is 0 Å². The van der Waals surface area contributed by atoms with Crippen LogP contribution < -0.4 is 10.6 Å². The first-order valence-corrected chi connectivity index (χ1v) is 6.08. The summed E-state index contributed by atoms with van der Waals surface area (Å²) in [7, 11) is 0. The van der Waals surface area contributed by atoms with Crippen molar-refractivity contribution in [2.75, 3.05) is 11.9 Å². The minimum Gasteiger partial charge on any atom is -0.331 e. The Morgan fingerprint density at radius 3 is 2.47 bits per heavy atom. The molecule has 102 valence electrons. The summed E-state index contributed by atoms with van der Waals surface area (Å²) in [6.45, 7) is 5.01. The van der Waals surface area contributed by atoms with Gasteiger partial charge in [0.05, 0.1) is 6.54 Å². The first kappa shape index (κ1) is 14.9. The zero-order valence-corrected chi connectivity index (χ0v) is 11.3. The number of urea groups is 1. The minimum atomic E-state index is -0.463. The van der Waals surface area contributed by atoms with E-state index in [9.17, 15) is 14.4 Å². The number of hydrogen-bond donors (Lipinski definition) is 2. The maximum Gasteiger partial charge on any atom is 0.319 e. The number of anilines is 1. The molecule has 0 aromatic heterocycles. The lowest BCUT2D eigenvalue weighted by Gasteiger charge is -2.09. The number of nitrogens with one attached hydrogen (secondary N) is 2. The van der Waals surface area contributed by atoms with Crippen LogP contribution in [0.25, 0.3) is 0 Å². The monoisotopic (exact) mass is 262 g/mol. The second kappa shape index (κ2) is 6.68. The molecule has 0 saturated carbocycles. The van der Waals surface area contributed by atoms with Crippen molar-refractivity contribution < 1.29 is 14.4 Å². The molecule has 0 atom stereocenters. The van der Waals surface area contributed by atoms with E-state index in [-0.39, 0.29) is 24.0 Å². The van der Waals surface area contributed by atoms with E-state index in [1.165, 1.54) is 6.92 Å². The second-order valence-corrected chi connectivity index (χ2v) is 4.57. The Kier molecular flexibility index (Phi) is 5.23. The molecular weight excluding hydrogens is 244 g/mol. The van der Waals surface area contributed by atoms with Crippen LogP contribution in [-0.2, 0) is 4.79 Å². The van der Waals surface area contributed by atoms with Gasteiger partial charge in [-0.1, -0.05) is 26.0 Å². The summed E-state index contributed by atoms with van der Waals surface area (Å²) < 4.78 is 0. The largest absolute Gasteiger partial charge is 0.331 e. The standard InChI is InChI=1S/C14H18N2O3/c1-9(2)13(18)8-15-14(19)16-12-6-4-5-11(7-12)10(3)17/h4-7,9H,8H2,1-3H3,(H2,15,16,19). The zero-order chi connectivity index (χ0) is 14.4. The topological polar surface area (TPSA) is 75.3 Å². The van der Waals surface area contributed by atoms with Crippen molar-refractivity contribution in [3.05, 3.63) is 29.8 Å². The van der Waals surface area contributed by atoms with Crippen LogP contribution in [0, 0.1) is 5.92 Å². The lowest BCUT2D eigenvalue weighted by molar-refractivity contribution is -0.120. The van der Waals surface area contributed by atoms with Gasteiger partial charge in [-0.15, -0.1) is 0 Å². The van der Waals surface area contributed by atoms with E-state index in [2.05, 4.69) is 10.6 Å². The molecule has 1 rings (SSSR count). The first-order valence-electron chi connectivity index (χ1n) is 6.08. The molecule has 0 unspecified atom stereocenters. The number of Topliss-reactive ketones (excluding diaryl/α,β-unsaturated/α-hetero) is 2. The number of benzene rings is 1. The summed E-state index contributed by atoms with van der Waals surface area (Å²) in [4.78, 5) is 34.1. The molecule has 0 heterocycles. The van der Waals surface area contributed by atoms with Crippen LogP contribution in [0.5, 0.6) is 0 Å². The number of carbonyl (C=O) groups is 3. The van der Waals surface area contributed by atoms with Gasteiger partial charge in [-0.05, 0) is 19.1 Å². The Morgan fingerprint density at radius 1 is 1.21 bits per heavy atom. The molecular formula is C14H18N2O3. The van der Waals surface area contributed by atoms with Crippen molar-refractivity contribution in [3.8, 4) is 0 Å². The van der Waals surface area contributed by atoms with Crippen LogP contribution in [0.3, 0.4) is 0 Å². The fraction of sp³-hybridized carbons (Fsp3) is 0.357. The molecule has 1 aromatic carbocycles. The molecule has 0 saturated heterocycles. The summed E-state index contributed by atoms with van der Waals surface area (Å²) in [5.74, 6) is -0.215. The molecule has 0 spiro atoms. The minimum absolute atomic E-state index is 0.00407. The van der Waals surface area contributed by atoms with E-state index in [0.717, 1.165) is 0 Å². The van der Waals surface area contributed by atoms with Gasteiger partial charge in [0.1, 0.15) is 0 Å². The molecule has 0 aliphatic heterocycles. The Bertz CT molecular complexity index is 495. The molecule has 5 heteroatoms. The average molecular weight is 262 g/mol. The number of ketones is 2. The third-order valence-corrected chi connectivity index (χ3v) is 2.59. The Hall–Kier alpha value is -2.17. The van der Waals surface area contributed by atoms with Crippen molar-refractivity contribution in [1.82, 2.24) is 5.32 Å². The van der Waals surface area contributed by atoms with Gasteiger partial charge in [-0.3, -0.25) is 9.59 Å². The van der Waals surface area contributed by atoms with Gasteiger partial charge >= 0.3 is 6.03 Å². The molecule has 5 nitrogen and oxygen atoms in total. The van der Waals surface area contributed by atoms with Gasteiger partial charge in [0.15, 0.2) is 11.6 Å². The van der Waals surface area contributed by atoms with Crippen molar-refractivity contribution in [2.45, 2.75) is 20.8 Å². The summed E-state index contributed by atoms with van der Waals surface area (Å²) in [5, 5.41) is 5.05. The van der Waals surface area contributed by atoms with Crippen molar-refractivity contribution in [2.24, 2.45) is 5.92 Å². The Morgan fingerprint density at radius 2 is 1.89 bits per heavy atom. The molecule has 0 bridgehead atoms. The van der Waals surface area contributed by atoms with Crippen molar-refractivity contribution in [1.29, 1.82) is 0 Å². The van der Waals surface area contributed by atoms with Gasteiger partial charge in [-0.2, -0.15) is 0 Å². The van der Waals surface area contributed by atoms with Gasteiger partial charge in [0.2, 0.25) is 0 Å². The van der Waals surface area contributed by atoms with E-state index in [1.807, 2.05) is 0 Å². The van der Waals surface area contributed by atoms with Crippen LogP contribution in [0.15, 0.2) is 24.3 Å². The third kappa shape index (κ3) is 4.91. The van der Waals surface area contributed by atoms with Gasteiger partial charge in [0, 0.05) is 17.2 Å². The predicted octanol–water partition coefficient (Wildman–Crippen LogP) is 2.24. The lowest BCUT2D eigenvalue weighted by atomic mass is 10.1. The summed E-state index contributed by atoms with van der Waals surface area (Å²) in [5.41, 5.74) is 1.04. The normalized spacial score (nSPS) is 10.1. The molecule has 0 fully saturated rings. The zero-order valence-electron chi connectivity index (χ0n) is 11.3. The number of amides is 2. The number of rotatable bonds is 5. The molecule has 0 radical (unpaired) electrons. The highest BCUT2D eigenvalue weighted by molar-refractivity contribution is 5.97. The van der Waals surface area contributed by atoms with Crippen molar-refractivity contribution >= 4 is 23.3 Å². The highest BCUT2D eigenvalue weighted by Gasteiger charge is 2.09. The smallest absolute Gasteiger partial charge is 0.319 e. The van der Waals surface area contributed by atoms with Gasteiger partial charge < -0.3 is 10.6 Å². The van der Waals surface area contributed by atoms with E-state index in [1.54, 1.807) is 38.1 Å². The van der Waals surface area contributed by atoms with Crippen LogP contribution in [0.2, 0.25) is 0 Å². The SMILES string of the molecule is CC(=O)c1cccc(NC(=O)NCC(=O)C(C)C)c1. The number of hydrogen-bond acceptors (Lipinski definition) is 3. The van der Waals surface area contributed by atoms with Crippen LogP contribution in [0.1, 0.15) is 31.1 Å². The Labute approximate surface area is 112 Å². The maximum absolute atomic E-state index is 11.6. The van der Waals surface area contributed by atoms with E-state index < -0.39 is 6.03 Å². The molecule has 2 amide bonds. The molecule has 19 heavy (non-hydrogen) atoms. The quantitative estimate of drug-likeness (QED) is 0.799. The van der Waals surface area contributed by atoms with E-state index in [4.69, 9.17) is 0 Å². The van der Waals surface area contributed by atoms with Crippen LogP contribution in [0.4, 0.5) is 10.5 Å². The number of carbonyl (C=O) groups excluding carboxylic acids is 3. The first-order chi connectivity index (χ1) is 8.90. The fourth-order valence-corrected chi connectivity index (χ4v) is 1.36. The van der Waals surface area contributed by atoms with Gasteiger partial charge in [-0.25, -0.2) is 4.79 Å². The molecule has 0 aliphatic carbocycles. The molecule has 0 aliphatic rings. The summed E-state index contributed by atoms with van der Waals surface area (Å²) in [6, 6.07) is 6.16. The third-order valence-electron chi connectivity index (χ3n) is 2.59. The highest BCUT2D eigenvalue weighted by atomic mass is 16.2. The fourth-order valence-electron chi connectivity index (χ4n) is 1.36. The van der Waals surface area contributed by atoms with E-state index in [0.29, 0.717) is 11.3 Å². The predicted molar refractivity (Wildman–Crippen MR) is 73.3 cm³/mol. The highest BCUT2D eigenvalue weighted by Crippen LogP contribution is 2.10. The summed E-state index contributed by atoms with van der Waals surface area (Å²) in [6.07, 6.45) is 0. The molecule has 2 N–H and O–H groups in total. The molecule has 1 aromatic rings. The van der Waals surface area contributed by atoms with E-state index >= 15 is 0 Å². The lowest BCUT2D eigenvalue weighted by Crippen LogP contribution is -2.34. The summed E-state index contributed by atoms with van der Waals surface area (Å²) >= 11 is 0. The Balaban J connectivity index is 2.55.